The van der Waals surface area contributed by atoms with Crippen LogP contribution in [-0.2, 0) is 6.42 Å². The predicted molar refractivity (Wildman–Crippen MR) is 104 cm³/mol. The third-order valence-electron chi connectivity index (χ3n) is 4.98. The lowest BCUT2D eigenvalue weighted by molar-refractivity contribution is 0.102. The van der Waals surface area contributed by atoms with Crippen molar-refractivity contribution >= 4 is 11.5 Å². The first-order chi connectivity index (χ1) is 12.8. The standard InChI is InChI=1S/C22H24N2O2/c1-2-3-12-23-22-18(21(25)16-8-5-4-6-9-16)15-17-10-7-11-19-20(17)24(22)13-14-26-19/h4-11,23H,2-3,12-15H2,1H3. The molecule has 0 atom stereocenters. The zero-order chi connectivity index (χ0) is 17.9. The van der Waals surface area contributed by atoms with Gasteiger partial charge in [-0.15, -0.1) is 0 Å². The third kappa shape index (κ3) is 2.96. The molecule has 0 amide bonds. The molecule has 26 heavy (non-hydrogen) atoms. The van der Waals surface area contributed by atoms with Crippen molar-refractivity contribution < 1.29 is 9.53 Å². The van der Waals surface area contributed by atoms with E-state index < -0.39 is 0 Å². The van der Waals surface area contributed by atoms with Crippen molar-refractivity contribution in [3.8, 4) is 5.75 Å². The van der Waals surface area contributed by atoms with Gasteiger partial charge >= 0.3 is 0 Å². The topological polar surface area (TPSA) is 41.6 Å². The van der Waals surface area contributed by atoms with E-state index in [0.717, 1.165) is 59.9 Å². The van der Waals surface area contributed by atoms with E-state index in [4.69, 9.17) is 4.74 Å². The number of allylic oxidation sites excluding steroid dienone is 1. The second kappa shape index (κ2) is 7.24. The minimum absolute atomic E-state index is 0.104. The average molecular weight is 348 g/mol. The molecule has 0 saturated heterocycles. The molecule has 0 spiro atoms. The summed E-state index contributed by atoms with van der Waals surface area (Å²) >= 11 is 0. The smallest absolute Gasteiger partial charge is 0.192 e. The quantitative estimate of drug-likeness (QED) is 0.634. The van der Waals surface area contributed by atoms with Crippen molar-refractivity contribution in [2.45, 2.75) is 26.2 Å². The van der Waals surface area contributed by atoms with Crippen LogP contribution < -0.4 is 15.0 Å². The van der Waals surface area contributed by atoms with E-state index in [2.05, 4.69) is 23.2 Å². The maximum Gasteiger partial charge on any atom is 0.192 e. The molecule has 134 valence electrons. The van der Waals surface area contributed by atoms with Crippen LogP contribution in [0.4, 0.5) is 5.69 Å². The van der Waals surface area contributed by atoms with Crippen LogP contribution in [0, 0.1) is 0 Å². The molecule has 2 aliphatic rings. The fourth-order valence-corrected chi connectivity index (χ4v) is 3.69. The lowest BCUT2D eigenvalue weighted by atomic mass is 9.91. The number of nitrogens with one attached hydrogen (secondary N) is 1. The minimum Gasteiger partial charge on any atom is -0.490 e. The molecule has 0 aromatic heterocycles. The number of Topliss-reactive ketones (excluding diaryl/α,β-unsaturated/α-hetero) is 1. The van der Waals surface area contributed by atoms with Gasteiger partial charge in [-0.3, -0.25) is 4.79 Å². The monoisotopic (exact) mass is 348 g/mol. The normalized spacial score (nSPS) is 15.3. The fraction of sp³-hybridized carbons (Fsp3) is 0.318. The molecule has 4 nitrogen and oxygen atoms in total. The molecule has 0 unspecified atom stereocenters. The Morgan fingerprint density at radius 1 is 1.15 bits per heavy atom. The first kappa shape index (κ1) is 16.7. The van der Waals surface area contributed by atoms with E-state index in [1.54, 1.807) is 0 Å². The van der Waals surface area contributed by atoms with Crippen molar-refractivity contribution in [2.24, 2.45) is 0 Å². The number of rotatable bonds is 6. The van der Waals surface area contributed by atoms with Crippen LogP contribution >= 0.6 is 0 Å². The summed E-state index contributed by atoms with van der Waals surface area (Å²) in [5.74, 6) is 1.97. The Labute approximate surface area is 154 Å². The number of carbonyl (C=O) groups excluding carboxylic acids is 1. The Balaban J connectivity index is 1.78. The first-order valence-electron chi connectivity index (χ1n) is 9.38. The largest absolute Gasteiger partial charge is 0.490 e. The summed E-state index contributed by atoms with van der Waals surface area (Å²) in [7, 11) is 0. The van der Waals surface area contributed by atoms with E-state index in [-0.39, 0.29) is 5.78 Å². The zero-order valence-electron chi connectivity index (χ0n) is 15.1. The third-order valence-corrected chi connectivity index (χ3v) is 4.98. The van der Waals surface area contributed by atoms with Crippen molar-refractivity contribution in [2.75, 3.05) is 24.6 Å². The summed E-state index contributed by atoms with van der Waals surface area (Å²) in [4.78, 5) is 15.5. The number of nitrogens with zero attached hydrogens (tertiary/aromatic N) is 1. The van der Waals surface area contributed by atoms with Gasteiger partial charge in [0.25, 0.3) is 0 Å². The highest BCUT2D eigenvalue weighted by Gasteiger charge is 2.33. The molecule has 2 aromatic carbocycles. The van der Waals surface area contributed by atoms with Gasteiger partial charge in [-0.1, -0.05) is 55.8 Å². The molecule has 2 aromatic rings. The van der Waals surface area contributed by atoms with Crippen LogP contribution in [0.25, 0.3) is 0 Å². The second-order valence-corrected chi connectivity index (χ2v) is 6.74. The van der Waals surface area contributed by atoms with Crippen LogP contribution in [-0.4, -0.2) is 25.5 Å². The number of para-hydroxylation sites is 1. The zero-order valence-corrected chi connectivity index (χ0v) is 15.1. The van der Waals surface area contributed by atoms with Gasteiger partial charge < -0.3 is 15.0 Å². The van der Waals surface area contributed by atoms with Gasteiger partial charge in [0.1, 0.15) is 18.2 Å². The predicted octanol–water partition coefficient (Wildman–Crippen LogP) is 3.93. The summed E-state index contributed by atoms with van der Waals surface area (Å²) in [5, 5.41) is 3.56. The van der Waals surface area contributed by atoms with E-state index >= 15 is 0 Å². The van der Waals surface area contributed by atoms with E-state index in [9.17, 15) is 4.79 Å². The lowest BCUT2D eigenvalue weighted by Gasteiger charge is -2.39. The highest BCUT2D eigenvalue weighted by atomic mass is 16.5. The number of benzene rings is 2. The van der Waals surface area contributed by atoms with Gasteiger partial charge in [-0.2, -0.15) is 0 Å². The maximum atomic E-state index is 13.3. The van der Waals surface area contributed by atoms with Crippen molar-refractivity contribution in [1.29, 1.82) is 0 Å². The van der Waals surface area contributed by atoms with Gasteiger partial charge in [-0.25, -0.2) is 0 Å². The molecule has 4 heteroatoms. The number of unbranched alkanes of at least 4 members (excludes halogenated alkanes) is 1. The van der Waals surface area contributed by atoms with Crippen molar-refractivity contribution in [1.82, 2.24) is 5.32 Å². The van der Waals surface area contributed by atoms with Crippen LogP contribution in [0.2, 0.25) is 0 Å². The van der Waals surface area contributed by atoms with E-state index in [0.29, 0.717) is 13.0 Å². The highest BCUT2D eigenvalue weighted by Crippen LogP contribution is 2.42. The summed E-state index contributed by atoms with van der Waals surface area (Å²) < 4.78 is 5.85. The van der Waals surface area contributed by atoms with Crippen LogP contribution in [0.15, 0.2) is 59.9 Å². The Kier molecular flexibility index (Phi) is 4.65. The maximum absolute atomic E-state index is 13.3. The number of hydrogen-bond donors (Lipinski definition) is 1. The second-order valence-electron chi connectivity index (χ2n) is 6.74. The molecular weight excluding hydrogens is 324 g/mol. The molecule has 0 bridgehead atoms. The molecule has 0 radical (unpaired) electrons. The van der Waals surface area contributed by atoms with Gasteiger partial charge in [0.15, 0.2) is 5.78 Å². The molecule has 0 saturated carbocycles. The summed E-state index contributed by atoms with van der Waals surface area (Å²) in [5.41, 5.74) is 3.86. The van der Waals surface area contributed by atoms with Gasteiger partial charge in [-0.05, 0) is 18.1 Å². The molecule has 2 aliphatic heterocycles. The van der Waals surface area contributed by atoms with Gasteiger partial charge in [0.05, 0.1) is 12.2 Å². The molecule has 4 rings (SSSR count). The van der Waals surface area contributed by atoms with Gasteiger partial charge in [0.2, 0.25) is 0 Å². The first-order valence-corrected chi connectivity index (χ1v) is 9.38. The molecule has 1 N–H and O–H groups in total. The number of ether oxygens (including phenoxy) is 1. The van der Waals surface area contributed by atoms with E-state index in [1.165, 1.54) is 0 Å². The van der Waals surface area contributed by atoms with E-state index in [1.807, 2.05) is 42.5 Å². The number of carbonyl (C=O) groups is 1. The number of anilines is 1. The summed E-state index contributed by atoms with van der Waals surface area (Å²) in [6.07, 6.45) is 2.83. The Hall–Kier alpha value is -2.75. The Morgan fingerprint density at radius 3 is 2.81 bits per heavy atom. The fourth-order valence-electron chi connectivity index (χ4n) is 3.69. The average Bonchev–Trinajstić information content (AvgIpc) is 2.70. The molecule has 0 fully saturated rings. The molecular formula is C22H24N2O2. The highest BCUT2D eigenvalue weighted by molar-refractivity contribution is 6.10. The number of ketones is 1. The lowest BCUT2D eigenvalue weighted by Crippen LogP contribution is -2.42. The van der Waals surface area contributed by atoms with Crippen LogP contribution in [0.3, 0.4) is 0 Å². The summed E-state index contributed by atoms with van der Waals surface area (Å²) in [6.45, 7) is 4.42. The summed E-state index contributed by atoms with van der Waals surface area (Å²) in [6, 6.07) is 15.7. The SMILES string of the molecule is CCCCNC1=C(C(=O)c2ccccc2)Cc2cccc3c2N1CCO3. The van der Waals surface area contributed by atoms with Crippen molar-refractivity contribution in [3.05, 3.63) is 71.1 Å². The Morgan fingerprint density at radius 2 is 2.00 bits per heavy atom. The van der Waals surface area contributed by atoms with Crippen LogP contribution in [0.1, 0.15) is 35.7 Å². The van der Waals surface area contributed by atoms with Gasteiger partial charge in [0, 0.05) is 24.1 Å². The molecule has 2 heterocycles. The Bertz CT molecular complexity index is 842. The number of hydrogen-bond acceptors (Lipinski definition) is 4. The molecule has 0 aliphatic carbocycles. The minimum atomic E-state index is 0.104. The van der Waals surface area contributed by atoms with Crippen LogP contribution in [0.5, 0.6) is 5.75 Å². The van der Waals surface area contributed by atoms with Crippen molar-refractivity contribution in [3.63, 3.8) is 0 Å².